The van der Waals surface area contributed by atoms with Gasteiger partial charge in [0, 0.05) is 0 Å². The summed E-state index contributed by atoms with van der Waals surface area (Å²) >= 11 is -0.711. The average Bonchev–Trinajstić information content (AvgIpc) is 3.29. The number of nitrogens with zero attached hydrogens (tertiary/aromatic N) is 6. The summed E-state index contributed by atoms with van der Waals surface area (Å²) in [7, 11) is 1.58. The van der Waals surface area contributed by atoms with Gasteiger partial charge in [0.15, 0.2) is 0 Å². The first kappa shape index (κ1) is 17.6. The molecule has 4 aromatic heterocycles. The molecule has 27 heavy (non-hydrogen) atoms. The van der Waals surface area contributed by atoms with Gasteiger partial charge in [0.1, 0.15) is 0 Å². The van der Waals surface area contributed by atoms with E-state index in [4.69, 9.17) is 4.74 Å². The van der Waals surface area contributed by atoms with Crippen LogP contribution in [-0.2, 0) is 6.42 Å². The summed E-state index contributed by atoms with van der Waals surface area (Å²) in [6, 6.07) is 1.71. The van der Waals surface area contributed by atoms with Crippen molar-refractivity contribution in [3.8, 4) is 17.0 Å². The SMILES string of the molecule is CCc1c(C)nc2c(-c3cnn([I-]c4nccc(OC)n4)c3)c[nH]n2c1=O. The van der Waals surface area contributed by atoms with E-state index in [9.17, 15) is 4.79 Å². The molecular weight excluding hydrogens is 461 g/mol. The monoisotopic (exact) mass is 478 g/mol. The number of nitrogens with one attached hydrogen (secondary N) is 1. The van der Waals surface area contributed by atoms with Crippen LogP contribution in [0.1, 0.15) is 18.2 Å². The number of aromatic nitrogens is 7. The van der Waals surface area contributed by atoms with Crippen molar-refractivity contribution in [2.24, 2.45) is 0 Å². The topological polar surface area (TPSA) is 103 Å². The van der Waals surface area contributed by atoms with Crippen molar-refractivity contribution in [2.45, 2.75) is 20.3 Å². The molecule has 0 saturated carbocycles. The van der Waals surface area contributed by atoms with Crippen LogP contribution in [0.25, 0.3) is 16.8 Å². The first-order chi connectivity index (χ1) is 13.1. The zero-order valence-corrected chi connectivity index (χ0v) is 17.1. The van der Waals surface area contributed by atoms with Crippen molar-refractivity contribution in [3.05, 3.63) is 56.3 Å². The standard InChI is InChI=1S/C17H17IN7O2/c1-4-12-10(2)22-15-13(8-21-25(15)16(12)26)11-7-20-24(9-11)18-17-19-6-5-14(23-17)27-3/h5-9,21H,4H2,1-3H3/q-1. The molecular formula is C17H17IN7O2-. The minimum absolute atomic E-state index is 0.0594. The van der Waals surface area contributed by atoms with E-state index in [-0.39, 0.29) is 5.56 Å². The van der Waals surface area contributed by atoms with Crippen LogP contribution in [0.2, 0.25) is 0 Å². The first-order valence-corrected chi connectivity index (χ1v) is 10.3. The summed E-state index contributed by atoms with van der Waals surface area (Å²) in [5.41, 5.74) is 3.73. The number of halogens is 1. The van der Waals surface area contributed by atoms with E-state index in [0.29, 0.717) is 21.8 Å². The van der Waals surface area contributed by atoms with Gasteiger partial charge in [-0.3, -0.25) is 0 Å². The van der Waals surface area contributed by atoms with E-state index >= 15 is 0 Å². The molecule has 9 nitrogen and oxygen atoms in total. The van der Waals surface area contributed by atoms with Crippen molar-refractivity contribution in [3.63, 3.8) is 0 Å². The Balaban J connectivity index is 1.70. The van der Waals surface area contributed by atoms with Gasteiger partial charge in [-0.15, -0.1) is 0 Å². The Morgan fingerprint density at radius 1 is 1.33 bits per heavy atom. The average molecular weight is 478 g/mol. The molecule has 0 saturated heterocycles. The molecule has 4 aromatic rings. The van der Waals surface area contributed by atoms with Crippen molar-refractivity contribution < 1.29 is 26.2 Å². The maximum absolute atomic E-state index is 12.6. The number of fused-ring (bicyclic) bond motifs is 1. The Kier molecular flexibility index (Phi) is 4.64. The summed E-state index contributed by atoms with van der Waals surface area (Å²) in [4.78, 5) is 25.8. The molecule has 0 atom stereocenters. The molecule has 1 N–H and O–H groups in total. The van der Waals surface area contributed by atoms with E-state index in [2.05, 4.69) is 25.1 Å². The number of H-pyrrole nitrogens is 1. The number of rotatable bonds is 5. The van der Waals surface area contributed by atoms with E-state index in [1.54, 1.807) is 31.8 Å². The third-order valence-corrected chi connectivity index (χ3v) is 6.12. The Labute approximate surface area is 165 Å². The predicted octanol–water partition coefficient (Wildman–Crippen LogP) is -1.72. The quantitative estimate of drug-likeness (QED) is 0.271. The summed E-state index contributed by atoms with van der Waals surface area (Å²) in [6.45, 7) is 3.82. The van der Waals surface area contributed by atoms with Crippen LogP contribution >= 0.6 is 0 Å². The van der Waals surface area contributed by atoms with Gasteiger partial charge in [-0.25, -0.2) is 0 Å². The van der Waals surface area contributed by atoms with Crippen LogP contribution < -0.4 is 31.8 Å². The van der Waals surface area contributed by atoms with Crippen molar-refractivity contribution >= 4 is 5.65 Å². The molecule has 0 aliphatic rings. The Morgan fingerprint density at radius 2 is 2.19 bits per heavy atom. The van der Waals surface area contributed by atoms with Crippen LogP contribution in [0, 0.1) is 10.8 Å². The summed E-state index contributed by atoms with van der Waals surface area (Å²) in [5.74, 6) is 0.537. The van der Waals surface area contributed by atoms with Gasteiger partial charge < -0.3 is 0 Å². The van der Waals surface area contributed by atoms with Gasteiger partial charge in [0.2, 0.25) is 0 Å². The predicted molar refractivity (Wildman–Crippen MR) is 93.8 cm³/mol. The summed E-state index contributed by atoms with van der Waals surface area (Å²) in [6.07, 6.45) is 7.80. The van der Waals surface area contributed by atoms with E-state index < -0.39 is 21.5 Å². The molecule has 0 aromatic carbocycles. The first-order valence-electron chi connectivity index (χ1n) is 8.28. The Hall–Kier alpha value is -2.76. The Bertz CT molecular complexity index is 1180. The van der Waals surface area contributed by atoms with Gasteiger partial charge in [0.05, 0.1) is 0 Å². The number of aryl methyl sites for hydroxylation is 1. The molecule has 10 heteroatoms. The molecule has 0 fully saturated rings. The van der Waals surface area contributed by atoms with Gasteiger partial charge in [-0.05, 0) is 0 Å². The normalized spacial score (nSPS) is 11.4. The number of ether oxygens (including phenoxy) is 1. The number of aromatic amines is 1. The molecule has 4 rings (SSSR count). The van der Waals surface area contributed by atoms with Crippen LogP contribution in [0.15, 0.2) is 35.6 Å². The second-order valence-electron chi connectivity index (χ2n) is 5.75. The fraction of sp³-hybridized carbons (Fsp3) is 0.235. The fourth-order valence-corrected chi connectivity index (χ4v) is 4.57. The van der Waals surface area contributed by atoms with Crippen LogP contribution in [0.4, 0.5) is 0 Å². The van der Waals surface area contributed by atoms with Crippen molar-refractivity contribution in [1.82, 2.24) is 32.6 Å². The maximum atomic E-state index is 12.6. The molecule has 0 aliphatic carbocycles. The van der Waals surface area contributed by atoms with Crippen LogP contribution in [-0.4, -0.2) is 39.7 Å². The molecule has 0 unspecified atom stereocenters. The van der Waals surface area contributed by atoms with Crippen LogP contribution in [0.5, 0.6) is 5.88 Å². The second kappa shape index (κ2) is 7.10. The molecule has 0 spiro atoms. The van der Waals surface area contributed by atoms with Crippen molar-refractivity contribution in [1.29, 1.82) is 0 Å². The second-order valence-corrected chi connectivity index (χ2v) is 8.19. The molecule has 0 amide bonds. The number of hydrogen-bond acceptors (Lipinski definition) is 6. The summed E-state index contributed by atoms with van der Waals surface area (Å²) < 4.78 is 9.18. The summed E-state index contributed by atoms with van der Waals surface area (Å²) in [5, 5.41) is 7.43. The Morgan fingerprint density at radius 3 is 2.96 bits per heavy atom. The zero-order valence-electron chi connectivity index (χ0n) is 15.0. The van der Waals surface area contributed by atoms with Crippen molar-refractivity contribution in [2.75, 3.05) is 7.11 Å². The molecule has 0 radical (unpaired) electrons. The van der Waals surface area contributed by atoms with Gasteiger partial charge in [0.25, 0.3) is 0 Å². The number of hydrogen-bond donors (Lipinski definition) is 1. The third kappa shape index (κ3) is 3.20. The van der Waals surface area contributed by atoms with Gasteiger partial charge in [-0.2, -0.15) is 0 Å². The zero-order chi connectivity index (χ0) is 19.0. The van der Waals surface area contributed by atoms with Crippen LogP contribution in [0.3, 0.4) is 0 Å². The minimum atomic E-state index is -0.711. The van der Waals surface area contributed by atoms with E-state index in [0.717, 1.165) is 22.4 Å². The third-order valence-electron chi connectivity index (χ3n) is 4.15. The van der Waals surface area contributed by atoms with E-state index in [1.165, 1.54) is 4.52 Å². The molecule has 140 valence electrons. The molecule has 0 aliphatic heterocycles. The molecule has 0 bridgehead atoms. The molecule has 4 heterocycles. The number of methoxy groups -OCH3 is 1. The van der Waals surface area contributed by atoms with E-state index in [1.807, 2.05) is 22.9 Å². The fourth-order valence-electron chi connectivity index (χ4n) is 2.81. The van der Waals surface area contributed by atoms with Gasteiger partial charge in [-0.1, -0.05) is 0 Å². The van der Waals surface area contributed by atoms with Gasteiger partial charge >= 0.3 is 165 Å².